The zero-order valence-electron chi connectivity index (χ0n) is 18.2. The second-order valence-electron chi connectivity index (χ2n) is 9.19. The van der Waals surface area contributed by atoms with Gasteiger partial charge in [0.2, 0.25) is 11.7 Å². The highest BCUT2D eigenvalue weighted by atomic mass is 16.7. The van der Waals surface area contributed by atoms with Crippen LogP contribution in [0.3, 0.4) is 0 Å². The van der Waals surface area contributed by atoms with E-state index >= 15 is 0 Å². The number of carbonyl (C=O) groups is 2. The minimum absolute atomic E-state index is 0.0733. The Hall–Kier alpha value is -1.64. The lowest BCUT2D eigenvalue weighted by Gasteiger charge is -2.38. The molecule has 3 aliphatic rings. The van der Waals surface area contributed by atoms with Gasteiger partial charge in [0.25, 0.3) is 0 Å². The largest absolute Gasteiger partial charge is 0.444 e. The van der Waals surface area contributed by atoms with Crippen LogP contribution in [0, 0.1) is 5.92 Å². The van der Waals surface area contributed by atoms with Gasteiger partial charge < -0.3 is 29.2 Å². The van der Waals surface area contributed by atoms with Gasteiger partial charge in [-0.3, -0.25) is 4.79 Å². The van der Waals surface area contributed by atoms with Gasteiger partial charge in [0.15, 0.2) is 0 Å². The van der Waals surface area contributed by atoms with Crippen LogP contribution >= 0.6 is 0 Å². The van der Waals surface area contributed by atoms with Gasteiger partial charge in [-0.1, -0.05) is 19.4 Å². The van der Waals surface area contributed by atoms with Crippen molar-refractivity contribution in [2.45, 2.75) is 76.0 Å². The average molecular weight is 411 g/mol. The topological polar surface area (TPSA) is 86.3 Å². The highest BCUT2D eigenvalue weighted by molar-refractivity contribution is 5.87. The van der Waals surface area contributed by atoms with E-state index in [1.807, 2.05) is 0 Å². The molecule has 2 aliphatic heterocycles. The molecule has 8 heteroatoms. The molecular weight excluding hydrogens is 376 g/mol. The lowest BCUT2D eigenvalue weighted by molar-refractivity contribution is -0.227. The maximum atomic E-state index is 13.7. The fourth-order valence-electron chi connectivity index (χ4n) is 4.70. The van der Waals surface area contributed by atoms with Crippen LogP contribution in [0.2, 0.25) is 0 Å². The normalized spacial score (nSPS) is 27.8. The number of ether oxygens (including phenoxy) is 4. The van der Waals surface area contributed by atoms with Crippen LogP contribution in [-0.4, -0.2) is 73.8 Å². The summed E-state index contributed by atoms with van der Waals surface area (Å²) in [7, 11) is 3.10. The van der Waals surface area contributed by atoms with Crippen molar-refractivity contribution in [2.24, 2.45) is 5.92 Å². The van der Waals surface area contributed by atoms with E-state index in [1.165, 1.54) is 0 Å². The molecule has 1 aliphatic carbocycles. The number of nitrogens with zero attached hydrogens (tertiary/aromatic N) is 1. The Morgan fingerprint density at radius 3 is 2.41 bits per heavy atom. The summed E-state index contributed by atoms with van der Waals surface area (Å²) >= 11 is 0. The van der Waals surface area contributed by atoms with Gasteiger partial charge in [-0.25, -0.2) is 4.79 Å². The minimum Gasteiger partial charge on any atom is -0.444 e. The van der Waals surface area contributed by atoms with Gasteiger partial charge in [0, 0.05) is 20.8 Å². The first-order valence-corrected chi connectivity index (χ1v) is 10.3. The highest BCUT2D eigenvalue weighted by Gasteiger charge is 2.60. The molecule has 3 fully saturated rings. The van der Waals surface area contributed by atoms with Gasteiger partial charge in [-0.05, 0) is 45.1 Å². The molecule has 2 heterocycles. The molecule has 2 amide bonds. The molecule has 8 nitrogen and oxygen atoms in total. The summed E-state index contributed by atoms with van der Waals surface area (Å²) in [6.45, 7) is 10.1. The summed E-state index contributed by atoms with van der Waals surface area (Å²) in [6, 6.07) is -1.10. The zero-order valence-corrected chi connectivity index (χ0v) is 18.2. The Kier molecular flexibility index (Phi) is 6.27. The number of hydrogen-bond donors (Lipinski definition) is 1. The Morgan fingerprint density at radius 2 is 1.86 bits per heavy atom. The van der Waals surface area contributed by atoms with Crippen molar-refractivity contribution in [1.29, 1.82) is 0 Å². The first-order chi connectivity index (χ1) is 13.6. The van der Waals surface area contributed by atoms with Crippen LogP contribution in [-0.2, 0) is 23.7 Å². The smallest absolute Gasteiger partial charge is 0.408 e. The van der Waals surface area contributed by atoms with Crippen LogP contribution in [0.25, 0.3) is 0 Å². The van der Waals surface area contributed by atoms with E-state index in [2.05, 4.69) is 11.9 Å². The Balaban J connectivity index is 1.84. The van der Waals surface area contributed by atoms with Crippen molar-refractivity contribution in [2.75, 3.05) is 27.4 Å². The number of amides is 2. The van der Waals surface area contributed by atoms with Crippen LogP contribution in [0.4, 0.5) is 4.79 Å². The lowest BCUT2D eigenvalue weighted by atomic mass is 9.95. The van der Waals surface area contributed by atoms with Gasteiger partial charge in [0.05, 0.1) is 0 Å². The van der Waals surface area contributed by atoms with E-state index < -0.39 is 29.6 Å². The number of fused-ring (bicyclic) bond motifs is 1. The summed E-state index contributed by atoms with van der Waals surface area (Å²) < 4.78 is 22.6. The SMILES string of the molecule is C=C1CN(C(=O)[C@@H](NC(=O)OC(C)(C)C)C2CCCC2)[C@H]2[C@@H]1OCC2(OC)OC. The van der Waals surface area contributed by atoms with Crippen molar-refractivity contribution < 1.29 is 28.5 Å². The monoisotopic (exact) mass is 410 g/mol. The third-order valence-electron chi connectivity index (χ3n) is 6.10. The molecule has 1 saturated carbocycles. The molecule has 0 aromatic heterocycles. The number of methoxy groups -OCH3 is 2. The Morgan fingerprint density at radius 1 is 1.24 bits per heavy atom. The fourth-order valence-corrected chi connectivity index (χ4v) is 4.70. The van der Waals surface area contributed by atoms with Crippen LogP contribution in [0.5, 0.6) is 0 Å². The van der Waals surface area contributed by atoms with E-state index in [9.17, 15) is 9.59 Å². The van der Waals surface area contributed by atoms with E-state index in [-0.39, 0.29) is 24.5 Å². The highest BCUT2D eigenvalue weighted by Crippen LogP contribution is 2.41. The second kappa shape index (κ2) is 8.24. The molecule has 1 N–H and O–H groups in total. The zero-order chi connectivity index (χ0) is 21.4. The molecule has 0 aromatic rings. The number of nitrogens with one attached hydrogen (secondary N) is 1. The summed E-state index contributed by atoms with van der Waals surface area (Å²) in [5.41, 5.74) is 0.169. The first-order valence-electron chi connectivity index (χ1n) is 10.3. The maximum Gasteiger partial charge on any atom is 0.408 e. The number of hydrogen-bond acceptors (Lipinski definition) is 6. The summed E-state index contributed by atoms with van der Waals surface area (Å²) in [6.07, 6.45) is 2.96. The molecule has 0 spiro atoms. The van der Waals surface area contributed by atoms with Crippen molar-refractivity contribution in [3.8, 4) is 0 Å². The standard InChI is InChI=1S/C21H34N2O6/c1-13-11-23(17-16(13)28-12-21(17,26-5)27-6)18(24)15(14-9-7-8-10-14)22-19(25)29-20(2,3)4/h14-17H,1,7-12H2,2-6H3,(H,22,25)/t15-,16+,17-/m0/s1. The van der Waals surface area contributed by atoms with Gasteiger partial charge in [-0.15, -0.1) is 0 Å². The molecule has 29 heavy (non-hydrogen) atoms. The minimum atomic E-state index is -1.05. The Labute approximate surface area is 172 Å². The van der Waals surface area contributed by atoms with Crippen molar-refractivity contribution in [1.82, 2.24) is 10.2 Å². The predicted octanol–water partition coefficient (Wildman–Crippen LogP) is 2.22. The van der Waals surface area contributed by atoms with Crippen LogP contribution < -0.4 is 5.32 Å². The molecule has 0 unspecified atom stereocenters. The van der Waals surface area contributed by atoms with Gasteiger partial charge >= 0.3 is 6.09 Å². The molecule has 2 saturated heterocycles. The van der Waals surface area contributed by atoms with E-state index in [0.717, 1.165) is 31.3 Å². The number of rotatable bonds is 5. The van der Waals surface area contributed by atoms with E-state index in [1.54, 1.807) is 39.9 Å². The fraction of sp³-hybridized carbons (Fsp3) is 0.810. The first kappa shape index (κ1) is 22.1. The molecular formula is C21H34N2O6. The average Bonchev–Trinajstić information content (AvgIpc) is 3.36. The van der Waals surface area contributed by atoms with E-state index in [4.69, 9.17) is 18.9 Å². The van der Waals surface area contributed by atoms with Gasteiger partial charge in [-0.2, -0.15) is 0 Å². The molecule has 0 radical (unpaired) electrons. The molecule has 0 bridgehead atoms. The molecule has 164 valence electrons. The number of carbonyl (C=O) groups excluding carboxylic acids is 2. The van der Waals surface area contributed by atoms with Gasteiger partial charge in [0.1, 0.15) is 30.4 Å². The third kappa shape index (κ3) is 4.29. The molecule has 0 aromatic carbocycles. The third-order valence-corrected chi connectivity index (χ3v) is 6.10. The quantitative estimate of drug-likeness (QED) is 0.553. The maximum absolute atomic E-state index is 13.7. The molecule has 3 atom stereocenters. The summed E-state index contributed by atoms with van der Waals surface area (Å²) in [5.74, 6) is -1.14. The van der Waals surface area contributed by atoms with Crippen molar-refractivity contribution in [3.63, 3.8) is 0 Å². The predicted molar refractivity (Wildman–Crippen MR) is 106 cm³/mol. The van der Waals surface area contributed by atoms with Crippen LogP contribution in [0.15, 0.2) is 12.2 Å². The van der Waals surface area contributed by atoms with Crippen molar-refractivity contribution in [3.05, 3.63) is 12.2 Å². The summed E-state index contributed by atoms with van der Waals surface area (Å²) in [4.78, 5) is 27.9. The van der Waals surface area contributed by atoms with E-state index in [0.29, 0.717) is 6.54 Å². The Bertz CT molecular complexity index is 648. The molecule has 3 rings (SSSR count). The number of alkyl carbamates (subject to hydrolysis) is 1. The van der Waals surface area contributed by atoms with Crippen molar-refractivity contribution >= 4 is 12.0 Å². The summed E-state index contributed by atoms with van der Waals surface area (Å²) in [5, 5.41) is 2.85. The van der Waals surface area contributed by atoms with Crippen LogP contribution in [0.1, 0.15) is 46.5 Å². The number of likely N-dealkylation sites (tertiary alicyclic amines) is 1. The lowest BCUT2D eigenvalue weighted by Crippen LogP contribution is -2.60. The second-order valence-corrected chi connectivity index (χ2v) is 9.19.